The van der Waals surface area contributed by atoms with Crippen LogP contribution in [0.4, 0.5) is 14.6 Å². The monoisotopic (exact) mass is 281 g/mol. The van der Waals surface area contributed by atoms with Crippen LogP contribution in [0.15, 0.2) is 30.3 Å². The fourth-order valence-electron chi connectivity index (χ4n) is 1.73. The van der Waals surface area contributed by atoms with Gasteiger partial charge in [0.25, 0.3) is 5.91 Å². The van der Waals surface area contributed by atoms with Crippen molar-refractivity contribution in [1.29, 1.82) is 0 Å². The number of carbonyl (C=O) groups excluding carboxylic acids is 1. The van der Waals surface area contributed by atoms with Crippen molar-refractivity contribution in [3.63, 3.8) is 0 Å². The molecule has 5 nitrogen and oxygen atoms in total. The van der Waals surface area contributed by atoms with Gasteiger partial charge in [0.2, 0.25) is 0 Å². The fourth-order valence-corrected chi connectivity index (χ4v) is 1.73. The maximum absolute atomic E-state index is 12.1. The first-order valence-corrected chi connectivity index (χ1v) is 5.82. The number of nitrogens with one attached hydrogen (secondary N) is 1. The van der Waals surface area contributed by atoms with E-state index in [-0.39, 0.29) is 11.3 Å². The summed E-state index contributed by atoms with van der Waals surface area (Å²) in [5.41, 5.74) is 0.986. The molecule has 0 atom stereocenters. The summed E-state index contributed by atoms with van der Waals surface area (Å²) in [6.07, 6.45) is 0. The second-order valence-corrected chi connectivity index (χ2v) is 4.16. The molecule has 0 unspecified atom stereocenters. The quantitative estimate of drug-likeness (QED) is 0.937. The van der Waals surface area contributed by atoms with Gasteiger partial charge >= 0.3 is 6.61 Å². The summed E-state index contributed by atoms with van der Waals surface area (Å²) in [5.74, 6) is 0.0363. The first-order valence-electron chi connectivity index (χ1n) is 5.82. The third-order valence-electron chi connectivity index (χ3n) is 2.56. The highest BCUT2D eigenvalue weighted by atomic mass is 19.3. The van der Waals surface area contributed by atoms with Gasteiger partial charge in [0.15, 0.2) is 0 Å². The highest BCUT2D eigenvalue weighted by Gasteiger charge is 2.11. The third-order valence-corrected chi connectivity index (χ3v) is 2.56. The number of amides is 1. The van der Waals surface area contributed by atoms with E-state index in [9.17, 15) is 13.6 Å². The minimum atomic E-state index is -2.92. The molecular formula is C13H13F2N3O2. The molecule has 0 saturated carbocycles. The molecule has 0 aliphatic heterocycles. The second-order valence-electron chi connectivity index (χ2n) is 4.16. The summed E-state index contributed by atoms with van der Waals surface area (Å²) >= 11 is 0. The van der Waals surface area contributed by atoms with Crippen molar-refractivity contribution in [2.45, 2.75) is 13.5 Å². The van der Waals surface area contributed by atoms with Crippen molar-refractivity contribution >= 4 is 11.7 Å². The number of ether oxygens (including phenoxy) is 1. The van der Waals surface area contributed by atoms with Gasteiger partial charge in [0.1, 0.15) is 11.6 Å². The topological polar surface area (TPSA) is 56.1 Å². The molecule has 106 valence electrons. The molecule has 0 saturated heterocycles. The van der Waals surface area contributed by atoms with Crippen LogP contribution in [-0.4, -0.2) is 22.3 Å². The summed E-state index contributed by atoms with van der Waals surface area (Å²) in [4.78, 5) is 12.0. The number of aromatic nitrogens is 2. The lowest BCUT2D eigenvalue weighted by Gasteiger charge is -2.07. The van der Waals surface area contributed by atoms with Gasteiger partial charge in [-0.15, -0.1) is 0 Å². The van der Waals surface area contributed by atoms with E-state index in [1.807, 2.05) is 0 Å². The Kier molecular flexibility index (Phi) is 3.97. The molecule has 0 spiro atoms. The zero-order chi connectivity index (χ0) is 14.7. The van der Waals surface area contributed by atoms with Crippen LogP contribution in [0.3, 0.4) is 0 Å². The molecule has 1 aromatic carbocycles. The highest BCUT2D eigenvalue weighted by molar-refractivity contribution is 6.04. The maximum atomic E-state index is 12.1. The average molecular weight is 281 g/mol. The van der Waals surface area contributed by atoms with Crippen molar-refractivity contribution in [3.8, 4) is 5.75 Å². The average Bonchev–Trinajstić information content (AvgIpc) is 2.67. The molecule has 1 aromatic heterocycles. The molecule has 1 heterocycles. The van der Waals surface area contributed by atoms with E-state index in [1.54, 1.807) is 20.0 Å². The van der Waals surface area contributed by atoms with Crippen molar-refractivity contribution in [1.82, 2.24) is 9.78 Å². The number of hydrogen-bond acceptors (Lipinski definition) is 3. The Morgan fingerprint density at radius 3 is 2.75 bits per heavy atom. The largest absolute Gasteiger partial charge is 0.435 e. The van der Waals surface area contributed by atoms with Gasteiger partial charge in [-0.2, -0.15) is 13.9 Å². The number of nitrogens with zero attached hydrogens (tertiary/aromatic N) is 2. The molecule has 20 heavy (non-hydrogen) atoms. The van der Waals surface area contributed by atoms with E-state index in [0.717, 1.165) is 5.69 Å². The number of carbonyl (C=O) groups is 1. The Bertz CT molecular complexity index is 626. The number of anilines is 1. The van der Waals surface area contributed by atoms with Gasteiger partial charge in [-0.1, -0.05) is 6.07 Å². The summed E-state index contributed by atoms with van der Waals surface area (Å²) in [5, 5.41) is 6.74. The van der Waals surface area contributed by atoms with Crippen LogP contribution in [0.1, 0.15) is 16.1 Å². The summed E-state index contributed by atoms with van der Waals surface area (Å²) in [6, 6.07) is 7.30. The molecular weight excluding hydrogens is 268 g/mol. The fraction of sp³-hybridized carbons (Fsp3) is 0.231. The molecule has 0 bridgehead atoms. The number of benzene rings is 1. The summed E-state index contributed by atoms with van der Waals surface area (Å²) < 4.78 is 30.0. The molecule has 0 aliphatic rings. The van der Waals surface area contributed by atoms with Gasteiger partial charge in [0.05, 0.1) is 5.69 Å². The van der Waals surface area contributed by atoms with Crippen molar-refractivity contribution < 1.29 is 18.3 Å². The molecule has 0 radical (unpaired) electrons. The normalized spacial score (nSPS) is 10.7. The lowest BCUT2D eigenvalue weighted by atomic mass is 10.2. The molecule has 2 aromatic rings. The van der Waals surface area contributed by atoms with Gasteiger partial charge < -0.3 is 10.1 Å². The van der Waals surface area contributed by atoms with Crippen LogP contribution in [0, 0.1) is 6.92 Å². The number of halogens is 2. The zero-order valence-electron chi connectivity index (χ0n) is 10.9. The molecule has 1 N–H and O–H groups in total. The van der Waals surface area contributed by atoms with E-state index in [4.69, 9.17) is 0 Å². The molecule has 0 aliphatic carbocycles. The predicted molar refractivity (Wildman–Crippen MR) is 69.0 cm³/mol. The summed E-state index contributed by atoms with van der Waals surface area (Å²) in [7, 11) is 1.69. The smallest absolute Gasteiger partial charge is 0.387 e. The zero-order valence-corrected chi connectivity index (χ0v) is 10.9. The van der Waals surface area contributed by atoms with Gasteiger partial charge in [-0.25, -0.2) is 0 Å². The molecule has 2 rings (SSSR count). The Labute approximate surface area is 114 Å². The molecule has 7 heteroatoms. The Hall–Kier alpha value is -2.44. The SMILES string of the molecule is Cc1cc(NC(=O)c2cccc(OC(F)F)c2)n(C)n1. The number of aryl methyl sites for hydroxylation is 2. The van der Waals surface area contributed by atoms with Crippen LogP contribution < -0.4 is 10.1 Å². The van der Waals surface area contributed by atoms with Crippen LogP contribution in [-0.2, 0) is 7.05 Å². The third kappa shape index (κ3) is 3.31. The maximum Gasteiger partial charge on any atom is 0.387 e. The van der Waals surface area contributed by atoms with Crippen LogP contribution in [0.2, 0.25) is 0 Å². The van der Waals surface area contributed by atoms with E-state index < -0.39 is 12.5 Å². The van der Waals surface area contributed by atoms with Crippen LogP contribution in [0.5, 0.6) is 5.75 Å². The summed E-state index contributed by atoms with van der Waals surface area (Å²) in [6.45, 7) is -1.12. The number of rotatable bonds is 4. The predicted octanol–water partition coefficient (Wildman–Crippen LogP) is 2.58. The first kappa shape index (κ1) is 14.0. The first-order chi connectivity index (χ1) is 9.45. The highest BCUT2D eigenvalue weighted by Crippen LogP contribution is 2.17. The van der Waals surface area contributed by atoms with Gasteiger partial charge in [0, 0.05) is 18.7 Å². The standard InChI is InChI=1S/C13H13F2N3O2/c1-8-6-11(18(2)17-8)16-12(19)9-4-3-5-10(7-9)20-13(14)15/h3-7,13H,1-2H3,(H,16,19). The molecule has 0 fully saturated rings. The minimum absolute atomic E-state index is 0.0613. The van der Waals surface area contributed by atoms with E-state index in [0.29, 0.717) is 5.82 Å². The Morgan fingerprint density at radius 1 is 1.40 bits per heavy atom. The second kappa shape index (κ2) is 5.68. The Balaban J connectivity index is 2.15. The number of alkyl halides is 2. The van der Waals surface area contributed by atoms with E-state index in [2.05, 4.69) is 15.2 Å². The van der Waals surface area contributed by atoms with Crippen LogP contribution >= 0.6 is 0 Å². The van der Waals surface area contributed by atoms with Crippen molar-refractivity contribution in [2.75, 3.05) is 5.32 Å². The Morgan fingerprint density at radius 2 is 2.15 bits per heavy atom. The van der Waals surface area contributed by atoms with Gasteiger partial charge in [-0.05, 0) is 25.1 Å². The lowest BCUT2D eigenvalue weighted by Crippen LogP contribution is -2.14. The lowest BCUT2D eigenvalue weighted by molar-refractivity contribution is -0.0498. The van der Waals surface area contributed by atoms with Crippen LogP contribution in [0.25, 0.3) is 0 Å². The number of hydrogen-bond donors (Lipinski definition) is 1. The molecule has 1 amide bonds. The van der Waals surface area contributed by atoms with Gasteiger partial charge in [-0.3, -0.25) is 9.48 Å². The van der Waals surface area contributed by atoms with E-state index >= 15 is 0 Å². The van der Waals surface area contributed by atoms with E-state index in [1.165, 1.54) is 28.9 Å². The van der Waals surface area contributed by atoms with Crippen molar-refractivity contribution in [2.24, 2.45) is 7.05 Å². The minimum Gasteiger partial charge on any atom is -0.435 e. The van der Waals surface area contributed by atoms with Crippen molar-refractivity contribution in [3.05, 3.63) is 41.6 Å².